The Hall–Kier alpha value is -3.42. The minimum Gasteiger partial charge on any atom is -0.340 e. The summed E-state index contributed by atoms with van der Waals surface area (Å²) in [6.45, 7) is 3.62. The van der Waals surface area contributed by atoms with E-state index in [1.807, 2.05) is 13.8 Å². The third kappa shape index (κ3) is 4.22. The van der Waals surface area contributed by atoms with E-state index in [1.165, 1.54) is 24.3 Å². The number of benzene rings is 2. The standard InChI is InChI=1S/C19H19FN4O3/c1-10(2)16(24-17(25)11-3-5-12(20)6-4-11)18(26)21-13-7-8-14-15(9-13)23-19(27)22-14/h3-10,16H,1-2H3,(H,21,26)(H,24,25)(H2,22,23,27)/t16-/m0/s1. The van der Waals surface area contributed by atoms with Crippen LogP contribution < -0.4 is 16.3 Å². The van der Waals surface area contributed by atoms with E-state index in [0.717, 1.165) is 0 Å². The van der Waals surface area contributed by atoms with Crippen molar-refractivity contribution in [1.29, 1.82) is 0 Å². The fourth-order valence-electron chi connectivity index (χ4n) is 2.69. The average molecular weight is 370 g/mol. The fraction of sp³-hybridized carbons (Fsp3) is 0.211. The average Bonchev–Trinajstić information content (AvgIpc) is 2.99. The molecule has 0 saturated heterocycles. The van der Waals surface area contributed by atoms with Gasteiger partial charge >= 0.3 is 5.69 Å². The number of rotatable bonds is 5. The number of carbonyl (C=O) groups excluding carboxylic acids is 2. The predicted octanol–water partition coefficient (Wildman–Crippen LogP) is 2.39. The van der Waals surface area contributed by atoms with Crippen molar-refractivity contribution in [3.63, 3.8) is 0 Å². The maximum atomic E-state index is 13.0. The molecule has 1 atom stereocenters. The van der Waals surface area contributed by atoms with Gasteiger partial charge in [0, 0.05) is 11.3 Å². The lowest BCUT2D eigenvalue weighted by Gasteiger charge is -2.21. The van der Waals surface area contributed by atoms with Crippen LogP contribution in [0.5, 0.6) is 0 Å². The molecule has 0 unspecified atom stereocenters. The van der Waals surface area contributed by atoms with E-state index in [-0.39, 0.29) is 17.2 Å². The number of H-pyrrole nitrogens is 2. The van der Waals surface area contributed by atoms with Crippen LogP contribution >= 0.6 is 0 Å². The summed E-state index contributed by atoms with van der Waals surface area (Å²) in [6, 6.07) is 9.26. The molecule has 27 heavy (non-hydrogen) atoms. The van der Waals surface area contributed by atoms with Gasteiger partial charge in [-0.15, -0.1) is 0 Å². The topological polar surface area (TPSA) is 107 Å². The molecular weight excluding hydrogens is 351 g/mol. The van der Waals surface area contributed by atoms with Crippen molar-refractivity contribution < 1.29 is 14.0 Å². The maximum absolute atomic E-state index is 13.0. The van der Waals surface area contributed by atoms with Gasteiger partial charge in [-0.05, 0) is 48.4 Å². The van der Waals surface area contributed by atoms with Crippen molar-refractivity contribution in [2.45, 2.75) is 19.9 Å². The monoisotopic (exact) mass is 370 g/mol. The summed E-state index contributed by atoms with van der Waals surface area (Å²) in [6.07, 6.45) is 0. The van der Waals surface area contributed by atoms with Gasteiger partial charge in [0.1, 0.15) is 11.9 Å². The SMILES string of the molecule is CC(C)[C@H](NC(=O)c1ccc(F)cc1)C(=O)Nc1ccc2[nH]c(=O)[nH]c2c1. The quantitative estimate of drug-likeness (QED) is 0.554. The number of aromatic nitrogens is 2. The van der Waals surface area contributed by atoms with E-state index in [0.29, 0.717) is 16.7 Å². The van der Waals surface area contributed by atoms with Crippen LogP contribution in [0.3, 0.4) is 0 Å². The van der Waals surface area contributed by atoms with Crippen molar-refractivity contribution in [2.24, 2.45) is 5.92 Å². The molecule has 3 rings (SSSR count). The van der Waals surface area contributed by atoms with E-state index in [1.54, 1.807) is 18.2 Å². The van der Waals surface area contributed by atoms with E-state index >= 15 is 0 Å². The Morgan fingerprint density at radius 1 is 1.00 bits per heavy atom. The third-order valence-corrected chi connectivity index (χ3v) is 4.13. The van der Waals surface area contributed by atoms with E-state index in [2.05, 4.69) is 20.6 Å². The maximum Gasteiger partial charge on any atom is 0.323 e. The number of carbonyl (C=O) groups is 2. The molecule has 3 aromatic rings. The highest BCUT2D eigenvalue weighted by Crippen LogP contribution is 2.16. The van der Waals surface area contributed by atoms with Gasteiger partial charge in [0.2, 0.25) is 5.91 Å². The molecule has 7 nitrogen and oxygen atoms in total. The number of imidazole rings is 1. The highest BCUT2D eigenvalue weighted by Gasteiger charge is 2.25. The van der Waals surface area contributed by atoms with E-state index < -0.39 is 23.7 Å². The van der Waals surface area contributed by atoms with E-state index in [4.69, 9.17) is 0 Å². The Morgan fingerprint density at radius 3 is 2.33 bits per heavy atom. The molecule has 0 aliphatic carbocycles. The summed E-state index contributed by atoms with van der Waals surface area (Å²) in [5.41, 5.74) is 1.61. The van der Waals surface area contributed by atoms with Gasteiger partial charge in [0.05, 0.1) is 11.0 Å². The number of aromatic amines is 2. The Balaban J connectivity index is 1.74. The molecule has 0 spiro atoms. The molecule has 0 radical (unpaired) electrons. The smallest absolute Gasteiger partial charge is 0.323 e. The summed E-state index contributed by atoms with van der Waals surface area (Å²) in [5, 5.41) is 5.42. The second-order valence-electron chi connectivity index (χ2n) is 6.53. The molecule has 0 saturated carbocycles. The minimum atomic E-state index is -0.788. The first kappa shape index (κ1) is 18.4. The number of hydrogen-bond acceptors (Lipinski definition) is 3. The molecule has 4 N–H and O–H groups in total. The molecule has 140 valence electrons. The lowest BCUT2D eigenvalue weighted by molar-refractivity contribution is -0.118. The van der Waals surface area contributed by atoms with Crippen LogP contribution in [0.2, 0.25) is 0 Å². The Labute approximate surface area is 154 Å². The van der Waals surface area contributed by atoms with Crippen LogP contribution in [0.25, 0.3) is 11.0 Å². The molecule has 0 aliphatic rings. The predicted molar refractivity (Wildman–Crippen MR) is 100 cm³/mol. The van der Waals surface area contributed by atoms with Crippen LogP contribution in [0, 0.1) is 11.7 Å². The van der Waals surface area contributed by atoms with Gasteiger partial charge in [-0.2, -0.15) is 0 Å². The lowest BCUT2D eigenvalue weighted by Crippen LogP contribution is -2.47. The first-order valence-electron chi connectivity index (χ1n) is 8.43. The molecule has 8 heteroatoms. The second kappa shape index (κ2) is 7.45. The molecule has 0 fully saturated rings. The summed E-state index contributed by atoms with van der Waals surface area (Å²) in [7, 11) is 0. The van der Waals surface area contributed by atoms with Crippen LogP contribution in [0.1, 0.15) is 24.2 Å². The molecule has 1 heterocycles. The molecule has 0 bridgehead atoms. The zero-order chi connectivity index (χ0) is 19.6. The minimum absolute atomic E-state index is 0.176. The number of amides is 2. The Morgan fingerprint density at radius 2 is 1.67 bits per heavy atom. The number of anilines is 1. The molecule has 2 amide bonds. The number of halogens is 1. The van der Waals surface area contributed by atoms with Crippen LogP contribution in [0.15, 0.2) is 47.3 Å². The normalized spacial score (nSPS) is 12.1. The zero-order valence-electron chi connectivity index (χ0n) is 14.8. The van der Waals surface area contributed by atoms with Gasteiger partial charge in [0.25, 0.3) is 5.91 Å². The van der Waals surface area contributed by atoms with Crippen molar-refractivity contribution in [1.82, 2.24) is 15.3 Å². The fourth-order valence-corrected chi connectivity index (χ4v) is 2.69. The molecule has 2 aromatic carbocycles. The molecule has 0 aliphatic heterocycles. The summed E-state index contributed by atoms with van der Waals surface area (Å²) in [4.78, 5) is 41.6. The summed E-state index contributed by atoms with van der Waals surface area (Å²) < 4.78 is 13.0. The van der Waals surface area contributed by atoms with Crippen molar-refractivity contribution >= 4 is 28.5 Å². The number of nitrogens with one attached hydrogen (secondary N) is 4. The first-order valence-corrected chi connectivity index (χ1v) is 8.43. The van der Waals surface area contributed by atoms with Gasteiger partial charge in [-0.3, -0.25) is 9.59 Å². The zero-order valence-corrected chi connectivity index (χ0v) is 14.8. The number of hydrogen-bond donors (Lipinski definition) is 4. The van der Waals surface area contributed by atoms with Crippen LogP contribution in [0.4, 0.5) is 10.1 Å². The van der Waals surface area contributed by atoms with Crippen molar-refractivity contribution in [3.05, 3.63) is 64.3 Å². The Bertz CT molecular complexity index is 1040. The highest BCUT2D eigenvalue weighted by molar-refractivity contribution is 6.01. The third-order valence-electron chi connectivity index (χ3n) is 4.13. The second-order valence-corrected chi connectivity index (χ2v) is 6.53. The van der Waals surface area contributed by atoms with Gasteiger partial charge in [-0.25, -0.2) is 9.18 Å². The Kier molecular flexibility index (Phi) is 5.07. The first-order chi connectivity index (χ1) is 12.8. The summed E-state index contributed by atoms with van der Waals surface area (Å²) >= 11 is 0. The number of fused-ring (bicyclic) bond motifs is 1. The van der Waals surface area contributed by atoms with Crippen molar-refractivity contribution in [2.75, 3.05) is 5.32 Å². The van der Waals surface area contributed by atoms with Crippen LogP contribution in [-0.4, -0.2) is 27.8 Å². The largest absolute Gasteiger partial charge is 0.340 e. The molecule has 1 aromatic heterocycles. The summed E-state index contributed by atoms with van der Waals surface area (Å²) in [5.74, 6) is -1.47. The molecular formula is C19H19FN4O3. The van der Waals surface area contributed by atoms with Gasteiger partial charge in [-0.1, -0.05) is 13.8 Å². The van der Waals surface area contributed by atoms with Crippen molar-refractivity contribution in [3.8, 4) is 0 Å². The lowest BCUT2D eigenvalue weighted by atomic mass is 10.0. The van der Waals surface area contributed by atoms with Crippen LogP contribution in [-0.2, 0) is 4.79 Å². The van der Waals surface area contributed by atoms with E-state index in [9.17, 15) is 18.8 Å². The highest BCUT2D eigenvalue weighted by atomic mass is 19.1. The van der Waals surface area contributed by atoms with Gasteiger partial charge in [0.15, 0.2) is 0 Å². The van der Waals surface area contributed by atoms with Gasteiger partial charge < -0.3 is 20.6 Å².